The molecular weight excluding hydrogens is 218 g/mol. The van der Waals surface area contributed by atoms with Gasteiger partial charge in [0, 0.05) is 6.42 Å². The van der Waals surface area contributed by atoms with Crippen LogP contribution in [0.15, 0.2) is 16.5 Å². The molecule has 1 unspecified atom stereocenters. The number of rotatable bonds is 8. The van der Waals surface area contributed by atoms with Gasteiger partial charge in [0.1, 0.15) is 11.5 Å². The Morgan fingerprint density at radius 2 is 2.24 bits per heavy atom. The van der Waals surface area contributed by atoms with E-state index in [4.69, 9.17) is 9.52 Å². The van der Waals surface area contributed by atoms with E-state index in [2.05, 4.69) is 12.2 Å². The van der Waals surface area contributed by atoms with E-state index in [-0.39, 0.29) is 6.42 Å². The summed E-state index contributed by atoms with van der Waals surface area (Å²) in [4.78, 5) is 10.4. The van der Waals surface area contributed by atoms with Gasteiger partial charge in [-0.2, -0.15) is 0 Å². The third kappa shape index (κ3) is 6.12. The number of carboxylic acids is 1. The lowest BCUT2D eigenvalue weighted by Gasteiger charge is -2.09. The smallest absolute Gasteiger partial charge is 0.303 e. The Morgan fingerprint density at radius 1 is 1.47 bits per heavy atom. The third-order valence-corrected chi connectivity index (χ3v) is 2.76. The van der Waals surface area contributed by atoms with Crippen molar-refractivity contribution in [3.8, 4) is 0 Å². The van der Waals surface area contributed by atoms with E-state index < -0.39 is 5.97 Å². The van der Waals surface area contributed by atoms with Crippen molar-refractivity contribution in [3.63, 3.8) is 0 Å². The summed E-state index contributed by atoms with van der Waals surface area (Å²) in [5, 5.41) is 11.8. The van der Waals surface area contributed by atoms with Crippen molar-refractivity contribution in [1.29, 1.82) is 0 Å². The molecule has 0 radical (unpaired) electrons. The SMILES string of the molecule is Cc1ccc(CNCCC(C)CCC(=O)O)o1. The molecule has 0 bridgehead atoms. The largest absolute Gasteiger partial charge is 0.481 e. The van der Waals surface area contributed by atoms with Crippen LogP contribution in [0.1, 0.15) is 37.7 Å². The summed E-state index contributed by atoms with van der Waals surface area (Å²) < 4.78 is 5.43. The first-order chi connectivity index (χ1) is 8.08. The highest BCUT2D eigenvalue weighted by Gasteiger charge is 2.05. The van der Waals surface area contributed by atoms with Crippen LogP contribution < -0.4 is 5.32 Å². The van der Waals surface area contributed by atoms with Gasteiger partial charge in [-0.15, -0.1) is 0 Å². The monoisotopic (exact) mass is 239 g/mol. The predicted molar refractivity (Wildman–Crippen MR) is 65.8 cm³/mol. The van der Waals surface area contributed by atoms with Crippen molar-refractivity contribution < 1.29 is 14.3 Å². The quantitative estimate of drug-likeness (QED) is 0.684. The van der Waals surface area contributed by atoms with Crippen LogP contribution in [0, 0.1) is 12.8 Å². The highest BCUT2D eigenvalue weighted by molar-refractivity contribution is 5.66. The highest BCUT2D eigenvalue weighted by Crippen LogP contribution is 2.10. The molecule has 1 aromatic heterocycles. The van der Waals surface area contributed by atoms with E-state index in [0.717, 1.165) is 37.5 Å². The van der Waals surface area contributed by atoms with Gasteiger partial charge < -0.3 is 14.8 Å². The van der Waals surface area contributed by atoms with Gasteiger partial charge in [0.25, 0.3) is 0 Å². The Bertz CT molecular complexity index is 346. The summed E-state index contributed by atoms with van der Waals surface area (Å²) >= 11 is 0. The minimum atomic E-state index is -0.712. The standard InChI is InChI=1S/C13H21NO3/c1-10(3-6-13(15)16)7-8-14-9-12-5-4-11(2)17-12/h4-5,10,14H,3,6-9H2,1-2H3,(H,15,16). The molecule has 0 saturated heterocycles. The number of carbonyl (C=O) groups is 1. The lowest BCUT2D eigenvalue weighted by atomic mass is 10.0. The molecule has 1 aromatic rings. The molecule has 17 heavy (non-hydrogen) atoms. The van der Waals surface area contributed by atoms with E-state index in [1.165, 1.54) is 0 Å². The Kier molecular flexibility index (Phi) is 5.77. The summed E-state index contributed by atoms with van der Waals surface area (Å²) in [5.74, 6) is 1.60. The number of aryl methyl sites for hydroxylation is 1. The fourth-order valence-electron chi connectivity index (χ4n) is 1.65. The molecule has 0 spiro atoms. The zero-order valence-electron chi connectivity index (χ0n) is 10.5. The Labute approximate surface area is 102 Å². The Hall–Kier alpha value is -1.29. The van der Waals surface area contributed by atoms with Crippen LogP contribution >= 0.6 is 0 Å². The summed E-state index contributed by atoms with van der Waals surface area (Å²) in [5.41, 5.74) is 0. The Balaban J connectivity index is 2.05. The van der Waals surface area contributed by atoms with E-state index in [1.54, 1.807) is 0 Å². The highest BCUT2D eigenvalue weighted by atomic mass is 16.4. The van der Waals surface area contributed by atoms with Crippen LogP contribution in [0.2, 0.25) is 0 Å². The average molecular weight is 239 g/mol. The molecule has 0 fully saturated rings. The molecule has 1 rings (SSSR count). The van der Waals surface area contributed by atoms with Gasteiger partial charge >= 0.3 is 5.97 Å². The van der Waals surface area contributed by atoms with Crippen LogP contribution in [0.3, 0.4) is 0 Å². The molecule has 1 atom stereocenters. The van der Waals surface area contributed by atoms with Gasteiger partial charge in [0.05, 0.1) is 6.54 Å². The first kappa shape index (κ1) is 13.8. The van der Waals surface area contributed by atoms with Crippen LogP contribution in [-0.4, -0.2) is 17.6 Å². The summed E-state index contributed by atoms with van der Waals surface area (Å²) in [6.07, 6.45) is 2.00. The minimum absolute atomic E-state index is 0.262. The van der Waals surface area contributed by atoms with Gasteiger partial charge in [-0.05, 0) is 44.4 Å². The maximum atomic E-state index is 10.4. The average Bonchev–Trinajstić information content (AvgIpc) is 2.68. The van der Waals surface area contributed by atoms with E-state index in [1.807, 2.05) is 19.1 Å². The molecule has 0 saturated carbocycles. The van der Waals surface area contributed by atoms with Crippen molar-refractivity contribution in [1.82, 2.24) is 5.32 Å². The number of hydrogen-bond donors (Lipinski definition) is 2. The normalized spacial score (nSPS) is 12.6. The summed E-state index contributed by atoms with van der Waals surface area (Å²) in [7, 11) is 0. The van der Waals surface area contributed by atoms with Crippen LogP contribution in [0.25, 0.3) is 0 Å². The number of carboxylic acid groups (broad SMARTS) is 1. The zero-order valence-corrected chi connectivity index (χ0v) is 10.5. The minimum Gasteiger partial charge on any atom is -0.481 e. The fourth-order valence-corrected chi connectivity index (χ4v) is 1.65. The molecule has 2 N–H and O–H groups in total. The van der Waals surface area contributed by atoms with Crippen molar-refractivity contribution in [3.05, 3.63) is 23.7 Å². The lowest BCUT2D eigenvalue weighted by Crippen LogP contribution is -2.17. The van der Waals surface area contributed by atoms with Crippen LogP contribution in [0.4, 0.5) is 0 Å². The number of furan rings is 1. The van der Waals surface area contributed by atoms with E-state index in [9.17, 15) is 4.79 Å². The number of hydrogen-bond acceptors (Lipinski definition) is 3. The topological polar surface area (TPSA) is 62.5 Å². The fraction of sp³-hybridized carbons (Fsp3) is 0.615. The first-order valence-corrected chi connectivity index (χ1v) is 6.05. The number of nitrogens with one attached hydrogen (secondary N) is 1. The molecule has 0 amide bonds. The molecule has 0 aromatic carbocycles. The second kappa shape index (κ2) is 7.12. The van der Waals surface area contributed by atoms with Gasteiger partial charge in [-0.3, -0.25) is 4.79 Å². The number of aliphatic carboxylic acids is 1. The third-order valence-electron chi connectivity index (χ3n) is 2.76. The summed E-state index contributed by atoms with van der Waals surface area (Å²) in [6, 6.07) is 3.92. The van der Waals surface area contributed by atoms with Crippen molar-refractivity contribution in [2.45, 2.75) is 39.7 Å². The molecule has 1 heterocycles. The van der Waals surface area contributed by atoms with Crippen molar-refractivity contribution >= 4 is 5.97 Å². The maximum Gasteiger partial charge on any atom is 0.303 e. The second-order valence-corrected chi connectivity index (χ2v) is 4.52. The van der Waals surface area contributed by atoms with Gasteiger partial charge in [-0.25, -0.2) is 0 Å². The van der Waals surface area contributed by atoms with Crippen LogP contribution in [-0.2, 0) is 11.3 Å². The van der Waals surface area contributed by atoms with Gasteiger partial charge in [-0.1, -0.05) is 6.92 Å². The zero-order chi connectivity index (χ0) is 12.7. The van der Waals surface area contributed by atoms with Gasteiger partial charge in [0.15, 0.2) is 0 Å². The lowest BCUT2D eigenvalue weighted by molar-refractivity contribution is -0.137. The van der Waals surface area contributed by atoms with E-state index >= 15 is 0 Å². The van der Waals surface area contributed by atoms with Crippen molar-refractivity contribution in [2.75, 3.05) is 6.54 Å². The predicted octanol–water partition coefficient (Wildman–Crippen LogP) is 2.57. The second-order valence-electron chi connectivity index (χ2n) is 4.52. The molecular formula is C13H21NO3. The summed E-state index contributed by atoms with van der Waals surface area (Å²) in [6.45, 7) is 5.64. The molecule has 0 aliphatic carbocycles. The molecule has 0 aliphatic heterocycles. The molecule has 4 heteroatoms. The Morgan fingerprint density at radius 3 is 2.82 bits per heavy atom. The molecule has 0 aliphatic rings. The van der Waals surface area contributed by atoms with E-state index in [0.29, 0.717) is 5.92 Å². The van der Waals surface area contributed by atoms with Crippen LogP contribution in [0.5, 0.6) is 0 Å². The molecule has 4 nitrogen and oxygen atoms in total. The first-order valence-electron chi connectivity index (χ1n) is 6.05. The van der Waals surface area contributed by atoms with Crippen molar-refractivity contribution in [2.24, 2.45) is 5.92 Å². The molecule has 96 valence electrons. The maximum absolute atomic E-state index is 10.4. The van der Waals surface area contributed by atoms with Gasteiger partial charge in [0.2, 0.25) is 0 Å².